The van der Waals surface area contributed by atoms with Crippen LogP contribution in [0, 0.1) is 62.1 Å². The molecule has 0 aromatic carbocycles. The van der Waals surface area contributed by atoms with Crippen molar-refractivity contribution in [2.24, 2.45) is 62.3 Å². The zero-order chi connectivity index (χ0) is 25.4. The summed E-state index contributed by atoms with van der Waals surface area (Å²) in [6.45, 7) is 15.7. The standard InChI is InChI=1S/C30H47F2NO2/c1-17-19-8-9-20-21-16-22(33-34)24(27(7)11-10-23(35-27)25(3,4)5)26(21,6)12-13-29(20)18(2)28(19,29)14-15-30(17,31)32/h17-24H,8-16H2,1-7H3. The average Bonchev–Trinajstić information content (AvgIpc) is 3.06. The number of nitrogens with zero attached hydrogens (tertiary/aromatic N) is 1. The van der Waals surface area contributed by atoms with Crippen LogP contribution in [0.25, 0.3) is 0 Å². The molecule has 0 radical (unpaired) electrons. The van der Waals surface area contributed by atoms with Gasteiger partial charge in [-0.15, -0.1) is 0 Å². The molecule has 0 aromatic heterocycles. The minimum Gasteiger partial charge on any atom is -0.371 e. The average molecular weight is 492 g/mol. The smallest absolute Gasteiger partial charge is 0.250 e. The molecule has 198 valence electrons. The summed E-state index contributed by atoms with van der Waals surface area (Å²) in [5, 5.41) is 3.79. The summed E-state index contributed by atoms with van der Waals surface area (Å²) in [7, 11) is 0. The second-order valence-electron chi connectivity index (χ2n) is 15.5. The number of halogens is 2. The lowest BCUT2D eigenvalue weighted by Gasteiger charge is -2.58. The topological polar surface area (TPSA) is 38.7 Å². The number of hydrogen-bond acceptors (Lipinski definition) is 3. The molecule has 12 unspecified atom stereocenters. The molecule has 12 atom stereocenters. The van der Waals surface area contributed by atoms with E-state index in [2.05, 4.69) is 46.7 Å². The molecule has 0 N–H and O–H groups in total. The van der Waals surface area contributed by atoms with Crippen molar-refractivity contribution in [1.29, 1.82) is 0 Å². The predicted octanol–water partition coefficient (Wildman–Crippen LogP) is 8.26. The highest BCUT2D eigenvalue weighted by Crippen LogP contribution is 2.89. The Balaban J connectivity index is 1.34. The van der Waals surface area contributed by atoms with E-state index < -0.39 is 11.8 Å². The first kappa shape index (κ1) is 24.7. The summed E-state index contributed by atoms with van der Waals surface area (Å²) in [6, 6.07) is -0.193. The lowest BCUT2D eigenvalue weighted by atomic mass is 9.47. The summed E-state index contributed by atoms with van der Waals surface area (Å²) < 4.78 is 36.5. The number of ether oxygens (including phenoxy) is 1. The van der Waals surface area contributed by atoms with Gasteiger partial charge < -0.3 is 4.74 Å². The number of nitroso groups, excluding NO2 is 1. The normalized spacial score (nSPS) is 58.7. The number of alkyl halides is 2. The van der Waals surface area contributed by atoms with E-state index in [1.165, 1.54) is 0 Å². The largest absolute Gasteiger partial charge is 0.371 e. The van der Waals surface area contributed by atoms with Crippen LogP contribution in [-0.2, 0) is 4.74 Å². The van der Waals surface area contributed by atoms with Crippen LogP contribution < -0.4 is 0 Å². The van der Waals surface area contributed by atoms with Gasteiger partial charge in [0.25, 0.3) is 5.92 Å². The van der Waals surface area contributed by atoms with Crippen LogP contribution in [0.15, 0.2) is 5.18 Å². The first-order valence-corrected chi connectivity index (χ1v) is 14.6. The third-order valence-electron chi connectivity index (χ3n) is 13.7. The van der Waals surface area contributed by atoms with Crippen molar-refractivity contribution in [2.45, 2.75) is 130 Å². The highest BCUT2D eigenvalue weighted by Gasteiger charge is 2.85. The van der Waals surface area contributed by atoms with Crippen LogP contribution in [0.4, 0.5) is 8.78 Å². The maximum absolute atomic E-state index is 14.8. The first-order chi connectivity index (χ1) is 16.2. The van der Waals surface area contributed by atoms with Gasteiger partial charge in [0, 0.05) is 18.3 Å². The van der Waals surface area contributed by atoms with Gasteiger partial charge in [-0.05, 0) is 104 Å². The third-order valence-corrected chi connectivity index (χ3v) is 13.7. The van der Waals surface area contributed by atoms with Crippen molar-refractivity contribution in [3.05, 3.63) is 4.91 Å². The monoisotopic (exact) mass is 491 g/mol. The predicted molar refractivity (Wildman–Crippen MR) is 134 cm³/mol. The second kappa shape index (κ2) is 7.08. The van der Waals surface area contributed by atoms with E-state index in [1.807, 2.05) is 6.92 Å². The molecular weight excluding hydrogens is 444 g/mol. The maximum atomic E-state index is 14.8. The molecule has 6 fully saturated rings. The third kappa shape index (κ3) is 2.81. The second-order valence-corrected chi connectivity index (χ2v) is 15.5. The minimum absolute atomic E-state index is 0.0383. The van der Waals surface area contributed by atoms with Gasteiger partial charge in [0.05, 0.1) is 17.7 Å². The molecule has 0 bridgehead atoms. The molecule has 1 saturated heterocycles. The molecule has 0 aromatic rings. The molecule has 2 spiro atoms. The van der Waals surface area contributed by atoms with Crippen molar-refractivity contribution in [3.8, 4) is 0 Å². The van der Waals surface area contributed by atoms with Gasteiger partial charge in [-0.25, -0.2) is 8.78 Å². The van der Waals surface area contributed by atoms with Crippen LogP contribution in [-0.4, -0.2) is 23.7 Å². The Labute approximate surface area is 210 Å². The van der Waals surface area contributed by atoms with Gasteiger partial charge in [0.15, 0.2) is 0 Å². The Morgan fingerprint density at radius 1 is 0.857 bits per heavy atom. The van der Waals surface area contributed by atoms with Crippen LogP contribution in [0.5, 0.6) is 0 Å². The van der Waals surface area contributed by atoms with Crippen molar-refractivity contribution < 1.29 is 13.5 Å². The van der Waals surface area contributed by atoms with E-state index in [-0.39, 0.29) is 57.7 Å². The molecule has 1 aliphatic heterocycles. The fourth-order valence-corrected chi connectivity index (χ4v) is 12.2. The molecule has 6 aliphatic rings. The Morgan fingerprint density at radius 2 is 1.49 bits per heavy atom. The molecule has 6 rings (SSSR count). The summed E-state index contributed by atoms with van der Waals surface area (Å²) in [6.07, 6.45) is 8.11. The molecule has 5 heteroatoms. The van der Waals surface area contributed by atoms with Crippen molar-refractivity contribution >= 4 is 0 Å². The number of hydrogen-bond donors (Lipinski definition) is 0. The molecular formula is C30H47F2NO2. The quantitative estimate of drug-likeness (QED) is 0.365. The Morgan fingerprint density at radius 3 is 2.11 bits per heavy atom. The van der Waals surface area contributed by atoms with Crippen LogP contribution in [0.1, 0.15) is 106 Å². The van der Waals surface area contributed by atoms with Gasteiger partial charge in [-0.3, -0.25) is 0 Å². The summed E-state index contributed by atoms with van der Waals surface area (Å²) in [5.41, 5.74) is 0.127. The van der Waals surface area contributed by atoms with Crippen molar-refractivity contribution in [2.75, 3.05) is 0 Å². The van der Waals surface area contributed by atoms with Crippen LogP contribution in [0.2, 0.25) is 0 Å². The van der Waals surface area contributed by atoms with E-state index >= 15 is 0 Å². The van der Waals surface area contributed by atoms with E-state index in [0.29, 0.717) is 24.2 Å². The summed E-state index contributed by atoms with van der Waals surface area (Å²) in [4.78, 5) is 12.3. The van der Waals surface area contributed by atoms with Crippen LogP contribution in [0.3, 0.4) is 0 Å². The molecule has 5 aliphatic carbocycles. The van der Waals surface area contributed by atoms with Crippen molar-refractivity contribution in [1.82, 2.24) is 0 Å². The number of rotatable bonds is 2. The van der Waals surface area contributed by atoms with Gasteiger partial charge >= 0.3 is 0 Å². The first-order valence-electron chi connectivity index (χ1n) is 14.6. The molecule has 0 amide bonds. The zero-order valence-corrected chi connectivity index (χ0v) is 23.0. The fraction of sp³-hybridized carbons (Fsp3) is 1.00. The van der Waals surface area contributed by atoms with Gasteiger partial charge in [0.2, 0.25) is 0 Å². The van der Waals surface area contributed by atoms with E-state index in [9.17, 15) is 13.7 Å². The maximum Gasteiger partial charge on any atom is 0.250 e. The van der Waals surface area contributed by atoms with E-state index in [4.69, 9.17) is 4.74 Å². The van der Waals surface area contributed by atoms with Gasteiger partial charge in [-0.1, -0.05) is 46.7 Å². The molecule has 3 nitrogen and oxygen atoms in total. The van der Waals surface area contributed by atoms with Crippen LogP contribution >= 0.6 is 0 Å². The zero-order valence-electron chi connectivity index (χ0n) is 23.0. The molecule has 35 heavy (non-hydrogen) atoms. The Bertz CT molecular complexity index is 917. The Hall–Kier alpha value is -0.580. The highest BCUT2D eigenvalue weighted by atomic mass is 19.3. The van der Waals surface area contributed by atoms with Crippen molar-refractivity contribution in [3.63, 3.8) is 0 Å². The summed E-state index contributed by atoms with van der Waals surface area (Å²) >= 11 is 0. The highest BCUT2D eigenvalue weighted by molar-refractivity contribution is 5.32. The van der Waals surface area contributed by atoms with E-state index in [1.54, 1.807) is 0 Å². The molecule has 1 heterocycles. The minimum atomic E-state index is -2.52. The lowest BCUT2D eigenvalue weighted by Crippen LogP contribution is -2.54. The fourth-order valence-electron chi connectivity index (χ4n) is 12.2. The van der Waals surface area contributed by atoms with Gasteiger partial charge in [0.1, 0.15) is 0 Å². The van der Waals surface area contributed by atoms with E-state index in [0.717, 1.165) is 44.9 Å². The number of fused-ring (bicyclic) bond motifs is 2. The molecule has 5 saturated carbocycles. The van der Waals surface area contributed by atoms with Gasteiger partial charge in [-0.2, -0.15) is 4.91 Å². The lowest BCUT2D eigenvalue weighted by molar-refractivity contribution is -0.171. The Kier molecular flexibility index (Phi) is 5.01. The SMILES string of the molecule is CC1C2CCC3C4CC(N=O)C(C5(C)CCC(C(C)(C)C)O5)C4(C)CCC34C(C)C24CCC1(F)F. The summed E-state index contributed by atoms with van der Waals surface area (Å²) in [5.74, 6) is -1.18.